The third-order valence-corrected chi connectivity index (χ3v) is 2.60. The van der Waals surface area contributed by atoms with E-state index in [1.165, 1.54) is 0 Å². The normalized spacial score (nSPS) is 32.1. The van der Waals surface area contributed by atoms with Gasteiger partial charge in [0.05, 0.1) is 12.7 Å². The molecule has 2 saturated heterocycles. The van der Waals surface area contributed by atoms with Crippen LogP contribution in [0.3, 0.4) is 0 Å². The Morgan fingerprint density at radius 2 is 2.07 bits per heavy atom. The molecule has 0 N–H and O–H groups in total. The Balaban J connectivity index is 2.03. The zero-order valence-electron chi connectivity index (χ0n) is 7.38. The number of hydrogen-bond acceptors (Lipinski definition) is 2. The third-order valence-electron chi connectivity index (χ3n) is 2.60. The number of alkyl halides is 3. The molecule has 0 aromatic heterocycles. The Bertz CT molecular complexity index is 241. The molecule has 14 heavy (non-hydrogen) atoms. The van der Waals surface area contributed by atoms with Crippen LogP contribution in [-0.2, 0) is 9.53 Å². The maximum Gasteiger partial charge on any atom is 0.471 e. The minimum Gasteiger partial charge on any atom is -0.376 e. The van der Waals surface area contributed by atoms with Crippen molar-refractivity contribution >= 4 is 5.91 Å². The first-order valence-corrected chi connectivity index (χ1v) is 4.44. The molecule has 0 spiro atoms. The summed E-state index contributed by atoms with van der Waals surface area (Å²) in [6.45, 7) is 0.732. The van der Waals surface area contributed by atoms with Gasteiger partial charge in [-0.3, -0.25) is 4.79 Å². The second-order valence-electron chi connectivity index (χ2n) is 3.76. The quantitative estimate of drug-likeness (QED) is 0.590. The molecule has 2 atom stereocenters. The van der Waals surface area contributed by atoms with Crippen LogP contribution in [0, 0.1) is 5.92 Å². The standard InChI is InChI=1S/C8H10F3NO2/c9-8(10,11)7(13)12-2-5-1-6(3-12)14-4-5/h5-6H,1-4H2. The van der Waals surface area contributed by atoms with E-state index in [4.69, 9.17) is 4.74 Å². The summed E-state index contributed by atoms with van der Waals surface area (Å²) in [5.41, 5.74) is 0. The first-order chi connectivity index (χ1) is 6.47. The highest BCUT2D eigenvalue weighted by atomic mass is 19.4. The molecule has 2 heterocycles. The number of carbonyl (C=O) groups excluding carboxylic acids is 1. The lowest BCUT2D eigenvalue weighted by Gasteiger charge is -2.30. The summed E-state index contributed by atoms with van der Waals surface area (Å²) in [4.78, 5) is 11.7. The predicted octanol–water partition coefficient (Wildman–Crippen LogP) is 0.796. The van der Waals surface area contributed by atoms with Crippen LogP contribution in [-0.4, -0.2) is 42.8 Å². The van der Waals surface area contributed by atoms with Crippen LogP contribution < -0.4 is 0 Å². The maximum atomic E-state index is 12.1. The fourth-order valence-corrected chi connectivity index (χ4v) is 2.01. The van der Waals surface area contributed by atoms with Crippen LogP contribution in [0.2, 0.25) is 0 Å². The number of hydrogen-bond donors (Lipinski definition) is 0. The molecule has 0 aromatic carbocycles. The van der Waals surface area contributed by atoms with E-state index in [1.807, 2.05) is 0 Å². The number of piperidine rings is 1. The van der Waals surface area contributed by atoms with Gasteiger partial charge in [0, 0.05) is 19.0 Å². The molecule has 0 aromatic rings. The molecule has 2 fully saturated rings. The fraction of sp³-hybridized carbons (Fsp3) is 0.875. The van der Waals surface area contributed by atoms with Gasteiger partial charge in [0.2, 0.25) is 0 Å². The summed E-state index contributed by atoms with van der Waals surface area (Å²) in [6.07, 6.45) is -4.17. The Morgan fingerprint density at radius 3 is 2.64 bits per heavy atom. The van der Waals surface area contributed by atoms with E-state index < -0.39 is 12.1 Å². The van der Waals surface area contributed by atoms with Gasteiger partial charge in [-0.05, 0) is 6.42 Å². The Labute approximate surface area is 78.8 Å². The summed E-state index contributed by atoms with van der Waals surface area (Å²) in [6, 6.07) is 0. The van der Waals surface area contributed by atoms with Gasteiger partial charge in [0.25, 0.3) is 0 Å². The van der Waals surface area contributed by atoms with Crippen molar-refractivity contribution < 1.29 is 22.7 Å². The van der Waals surface area contributed by atoms with Crippen molar-refractivity contribution in [2.24, 2.45) is 5.92 Å². The van der Waals surface area contributed by atoms with Crippen LogP contribution in [0.5, 0.6) is 0 Å². The molecule has 2 aliphatic heterocycles. The van der Waals surface area contributed by atoms with E-state index in [0.717, 1.165) is 11.3 Å². The van der Waals surface area contributed by atoms with Crippen LogP contribution >= 0.6 is 0 Å². The average molecular weight is 209 g/mol. The van der Waals surface area contributed by atoms with Crippen LogP contribution in [0.4, 0.5) is 13.2 Å². The molecule has 0 aliphatic carbocycles. The third kappa shape index (κ3) is 1.70. The SMILES string of the molecule is O=C(N1CC2COC(C2)C1)C(F)(F)F. The van der Waals surface area contributed by atoms with Crippen LogP contribution in [0.15, 0.2) is 0 Å². The lowest BCUT2D eigenvalue weighted by atomic mass is 10.0. The summed E-state index contributed by atoms with van der Waals surface area (Å²) < 4.78 is 41.4. The highest BCUT2D eigenvalue weighted by molar-refractivity contribution is 5.82. The number of carbonyl (C=O) groups is 1. The van der Waals surface area contributed by atoms with Gasteiger partial charge >= 0.3 is 12.1 Å². The van der Waals surface area contributed by atoms with Crippen molar-refractivity contribution in [3.8, 4) is 0 Å². The topological polar surface area (TPSA) is 29.5 Å². The van der Waals surface area contributed by atoms with Gasteiger partial charge in [0.1, 0.15) is 0 Å². The van der Waals surface area contributed by atoms with Crippen molar-refractivity contribution in [2.45, 2.75) is 18.7 Å². The van der Waals surface area contributed by atoms with E-state index in [0.29, 0.717) is 6.61 Å². The summed E-state index contributed by atoms with van der Waals surface area (Å²) in [7, 11) is 0. The van der Waals surface area contributed by atoms with E-state index in [9.17, 15) is 18.0 Å². The molecule has 2 unspecified atom stereocenters. The largest absolute Gasteiger partial charge is 0.471 e. The van der Waals surface area contributed by atoms with Crippen molar-refractivity contribution in [2.75, 3.05) is 19.7 Å². The van der Waals surface area contributed by atoms with Crippen LogP contribution in [0.25, 0.3) is 0 Å². The van der Waals surface area contributed by atoms with Gasteiger partial charge in [0.15, 0.2) is 0 Å². The van der Waals surface area contributed by atoms with Gasteiger partial charge in [-0.2, -0.15) is 13.2 Å². The molecular weight excluding hydrogens is 199 g/mol. The number of likely N-dealkylation sites (tertiary alicyclic amines) is 1. The summed E-state index contributed by atoms with van der Waals surface area (Å²) >= 11 is 0. The molecule has 6 heteroatoms. The molecular formula is C8H10F3NO2. The van der Waals surface area contributed by atoms with Gasteiger partial charge in [-0.25, -0.2) is 0 Å². The van der Waals surface area contributed by atoms with Crippen molar-refractivity contribution in [3.05, 3.63) is 0 Å². The Kier molecular flexibility index (Phi) is 2.17. The lowest BCUT2D eigenvalue weighted by Crippen LogP contribution is -2.48. The first-order valence-electron chi connectivity index (χ1n) is 4.44. The fourth-order valence-electron chi connectivity index (χ4n) is 2.01. The monoisotopic (exact) mass is 209 g/mol. The number of nitrogens with zero attached hydrogens (tertiary/aromatic N) is 1. The molecule has 2 rings (SSSR count). The predicted molar refractivity (Wildman–Crippen MR) is 40.5 cm³/mol. The molecule has 1 amide bonds. The van der Waals surface area contributed by atoms with E-state index in [-0.39, 0.29) is 25.1 Å². The number of ether oxygens (including phenoxy) is 1. The highest BCUT2D eigenvalue weighted by Gasteiger charge is 2.46. The molecule has 0 radical (unpaired) electrons. The minimum atomic E-state index is -4.75. The number of halogens is 3. The van der Waals surface area contributed by atoms with Crippen molar-refractivity contribution in [1.82, 2.24) is 4.90 Å². The Morgan fingerprint density at radius 1 is 1.36 bits per heavy atom. The number of fused-ring (bicyclic) bond motifs is 2. The highest BCUT2D eigenvalue weighted by Crippen LogP contribution is 2.29. The molecule has 80 valence electrons. The number of amides is 1. The maximum absolute atomic E-state index is 12.1. The van der Waals surface area contributed by atoms with E-state index in [2.05, 4.69) is 0 Å². The minimum absolute atomic E-state index is 0.0782. The Hall–Kier alpha value is -0.780. The van der Waals surface area contributed by atoms with E-state index >= 15 is 0 Å². The van der Waals surface area contributed by atoms with Gasteiger partial charge in [-0.1, -0.05) is 0 Å². The van der Waals surface area contributed by atoms with Crippen molar-refractivity contribution in [3.63, 3.8) is 0 Å². The summed E-state index contributed by atoms with van der Waals surface area (Å²) in [5, 5.41) is 0. The first kappa shape index (κ1) is 9.76. The van der Waals surface area contributed by atoms with Crippen molar-refractivity contribution in [1.29, 1.82) is 0 Å². The lowest BCUT2D eigenvalue weighted by molar-refractivity contribution is -0.187. The zero-order valence-corrected chi connectivity index (χ0v) is 7.38. The van der Waals surface area contributed by atoms with Gasteiger partial charge in [-0.15, -0.1) is 0 Å². The number of rotatable bonds is 0. The molecule has 0 saturated carbocycles. The van der Waals surface area contributed by atoms with Crippen LogP contribution in [0.1, 0.15) is 6.42 Å². The molecule has 2 bridgehead atoms. The summed E-state index contributed by atoms with van der Waals surface area (Å²) in [5.74, 6) is -1.65. The van der Waals surface area contributed by atoms with E-state index in [1.54, 1.807) is 0 Å². The smallest absolute Gasteiger partial charge is 0.376 e. The second-order valence-corrected chi connectivity index (χ2v) is 3.76. The van der Waals surface area contributed by atoms with Gasteiger partial charge < -0.3 is 9.64 Å². The molecule has 2 aliphatic rings. The average Bonchev–Trinajstić information content (AvgIpc) is 2.42. The second kappa shape index (κ2) is 3.12. The zero-order chi connectivity index (χ0) is 10.3. The molecule has 3 nitrogen and oxygen atoms in total.